The van der Waals surface area contributed by atoms with Crippen LogP contribution in [0.2, 0.25) is 0 Å². The Hall–Kier alpha value is -2.45. The molecule has 1 fully saturated rings. The third kappa shape index (κ3) is 3.56. The van der Waals surface area contributed by atoms with Gasteiger partial charge in [0.2, 0.25) is 10.0 Å². The Balaban J connectivity index is 1.88. The number of ether oxygens (including phenoxy) is 2. The van der Waals surface area contributed by atoms with E-state index in [1.807, 2.05) is 0 Å². The second-order valence-electron chi connectivity index (χ2n) is 5.83. The van der Waals surface area contributed by atoms with Gasteiger partial charge in [0.05, 0.1) is 18.6 Å². The van der Waals surface area contributed by atoms with E-state index >= 15 is 0 Å². The van der Waals surface area contributed by atoms with Crippen molar-refractivity contribution in [3.05, 3.63) is 60.4 Å². The zero-order valence-corrected chi connectivity index (χ0v) is 14.9. The first-order chi connectivity index (χ1) is 12.4. The molecular weight excluding hydrogens is 361 g/mol. The molecule has 0 saturated carbocycles. The highest BCUT2D eigenvalue weighted by molar-refractivity contribution is 7.89. The first-order valence-corrected chi connectivity index (χ1v) is 9.43. The van der Waals surface area contributed by atoms with E-state index in [4.69, 9.17) is 9.47 Å². The van der Waals surface area contributed by atoms with Gasteiger partial charge >= 0.3 is 5.97 Å². The van der Waals surface area contributed by atoms with Crippen LogP contribution in [-0.4, -0.2) is 44.5 Å². The zero-order valence-electron chi connectivity index (χ0n) is 14.0. The van der Waals surface area contributed by atoms with Crippen molar-refractivity contribution in [2.75, 3.05) is 13.7 Å². The molecule has 0 amide bonds. The van der Waals surface area contributed by atoms with E-state index in [2.05, 4.69) is 0 Å². The van der Waals surface area contributed by atoms with E-state index in [1.54, 1.807) is 24.3 Å². The van der Waals surface area contributed by atoms with Crippen molar-refractivity contribution in [3.63, 3.8) is 0 Å². The number of hydrogen-bond donors (Lipinski definition) is 0. The number of carbonyl (C=O) groups is 1. The fourth-order valence-electron chi connectivity index (χ4n) is 2.92. The van der Waals surface area contributed by atoms with Crippen LogP contribution in [-0.2, 0) is 19.6 Å². The van der Waals surface area contributed by atoms with Crippen molar-refractivity contribution in [3.8, 4) is 5.75 Å². The highest BCUT2D eigenvalue weighted by atomic mass is 32.2. The van der Waals surface area contributed by atoms with Crippen molar-refractivity contribution in [1.29, 1.82) is 0 Å². The van der Waals surface area contributed by atoms with Gasteiger partial charge in [-0.25, -0.2) is 12.8 Å². The molecule has 0 aliphatic carbocycles. The van der Waals surface area contributed by atoms with Gasteiger partial charge < -0.3 is 9.47 Å². The Morgan fingerprint density at radius 1 is 1.12 bits per heavy atom. The lowest BCUT2D eigenvalue weighted by Gasteiger charge is -2.21. The zero-order chi connectivity index (χ0) is 18.7. The summed E-state index contributed by atoms with van der Waals surface area (Å²) in [5.74, 6) is -1.21. The molecule has 1 heterocycles. The van der Waals surface area contributed by atoms with Crippen molar-refractivity contribution >= 4 is 16.0 Å². The minimum atomic E-state index is -3.92. The summed E-state index contributed by atoms with van der Waals surface area (Å²) in [6.07, 6.45) is -0.595. The summed E-state index contributed by atoms with van der Waals surface area (Å²) in [4.78, 5) is 12.2. The molecule has 3 rings (SSSR count). The fraction of sp³-hybridized carbons (Fsp3) is 0.278. The highest BCUT2D eigenvalue weighted by Gasteiger charge is 2.45. The molecule has 0 N–H and O–H groups in total. The van der Waals surface area contributed by atoms with Crippen LogP contribution in [0.4, 0.5) is 4.39 Å². The van der Waals surface area contributed by atoms with Gasteiger partial charge in [-0.3, -0.25) is 4.79 Å². The summed E-state index contributed by atoms with van der Waals surface area (Å²) in [5.41, 5.74) is 0. The number of rotatable bonds is 5. The molecule has 6 nitrogen and oxygen atoms in total. The minimum absolute atomic E-state index is 0.0140. The maximum Gasteiger partial charge on any atom is 0.324 e. The molecule has 0 radical (unpaired) electrons. The molecule has 0 spiro atoms. The van der Waals surface area contributed by atoms with E-state index in [9.17, 15) is 17.6 Å². The predicted octanol–water partition coefficient (Wildman–Crippen LogP) is 2.21. The molecule has 2 aromatic carbocycles. The van der Waals surface area contributed by atoms with Gasteiger partial charge in [0.1, 0.15) is 12.1 Å². The normalized spacial score (nSPS) is 20.7. The Bertz CT molecular complexity index is 887. The van der Waals surface area contributed by atoms with Gasteiger partial charge in [-0.2, -0.15) is 4.31 Å². The average molecular weight is 379 g/mol. The average Bonchev–Trinajstić information content (AvgIpc) is 3.08. The van der Waals surface area contributed by atoms with E-state index in [-0.39, 0.29) is 23.6 Å². The number of para-hydroxylation sites is 1. The van der Waals surface area contributed by atoms with Crippen LogP contribution in [0.3, 0.4) is 0 Å². The third-order valence-electron chi connectivity index (χ3n) is 4.17. The summed E-state index contributed by atoms with van der Waals surface area (Å²) in [7, 11) is -2.72. The first-order valence-electron chi connectivity index (χ1n) is 7.99. The number of esters is 1. The highest BCUT2D eigenvalue weighted by Crippen LogP contribution is 2.30. The summed E-state index contributed by atoms with van der Waals surface area (Å²) in [5, 5.41) is 0. The summed E-state index contributed by atoms with van der Waals surface area (Å²) in [6, 6.07) is 12.6. The van der Waals surface area contributed by atoms with Crippen LogP contribution in [0.1, 0.15) is 6.42 Å². The van der Waals surface area contributed by atoms with Gasteiger partial charge in [0, 0.05) is 6.42 Å². The molecule has 0 aromatic heterocycles. The van der Waals surface area contributed by atoms with E-state index in [1.165, 1.54) is 37.4 Å². The third-order valence-corrected chi connectivity index (χ3v) is 6.06. The molecule has 138 valence electrons. The molecule has 1 saturated heterocycles. The minimum Gasteiger partial charge on any atom is -0.486 e. The van der Waals surface area contributed by atoms with Gasteiger partial charge in [0.15, 0.2) is 11.6 Å². The number of benzene rings is 2. The quantitative estimate of drug-likeness (QED) is 0.745. The monoisotopic (exact) mass is 379 g/mol. The molecule has 26 heavy (non-hydrogen) atoms. The molecule has 2 unspecified atom stereocenters. The second-order valence-corrected chi connectivity index (χ2v) is 7.72. The predicted molar refractivity (Wildman–Crippen MR) is 91.6 cm³/mol. The summed E-state index contributed by atoms with van der Waals surface area (Å²) < 4.78 is 51.1. The Morgan fingerprint density at radius 3 is 2.42 bits per heavy atom. The number of carbonyl (C=O) groups excluding carboxylic acids is 1. The fourth-order valence-corrected chi connectivity index (χ4v) is 4.56. The number of methoxy groups -OCH3 is 1. The molecule has 2 atom stereocenters. The molecule has 8 heteroatoms. The molecule has 1 aliphatic rings. The van der Waals surface area contributed by atoms with Crippen molar-refractivity contribution in [2.24, 2.45) is 0 Å². The van der Waals surface area contributed by atoms with Gasteiger partial charge in [0.25, 0.3) is 0 Å². The van der Waals surface area contributed by atoms with Gasteiger partial charge in [-0.05, 0) is 24.3 Å². The first kappa shape index (κ1) is 18.3. The van der Waals surface area contributed by atoms with Crippen LogP contribution < -0.4 is 4.74 Å². The van der Waals surface area contributed by atoms with E-state index in [0.29, 0.717) is 0 Å². The summed E-state index contributed by atoms with van der Waals surface area (Å²) >= 11 is 0. The molecule has 1 aliphatic heterocycles. The van der Waals surface area contributed by atoms with Crippen molar-refractivity contribution < 1.29 is 27.1 Å². The van der Waals surface area contributed by atoms with Crippen molar-refractivity contribution in [2.45, 2.75) is 23.5 Å². The largest absolute Gasteiger partial charge is 0.486 e. The SMILES string of the molecule is COC(=O)C1CC(Oc2ccccc2F)CN1S(=O)(=O)c1ccccc1. The lowest BCUT2D eigenvalue weighted by atomic mass is 10.2. The lowest BCUT2D eigenvalue weighted by molar-refractivity contribution is -0.144. The molecular formula is C18H18FNO5S. The Labute approximate surface area is 151 Å². The Kier molecular flexibility index (Phi) is 5.24. The van der Waals surface area contributed by atoms with Crippen LogP contribution in [0.15, 0.2) is 59.5 Å². The topological polar surface area (TPSA) is 72.9 Å². The number of sulfonamides is 1. The van der Waals surface area contributed by atoms with Crippen LogP contribution in [0, 0.1) is 5.82 Å². The van der Waals surface area contributed by atoms with E-state index in [0.717, 1.165) is 4.31 Å². The smallest absolute Gasteiger partial charge is 0.324 e. The maximum atomic E-state index is 13.8. The number of nitrogens with zero attached hydrogens (tertiary/aromatic N) is 1. The molecule has 0 bridgehead atoms. The van der Waals surface area contributed by atoms with Crippen LogP contribution in [0.5, 0.6) is 5.75 Å². The maximum absolute atomic E-state index is 13.8. The number of hydrogen-bond acceptors (Lipinski definition) is 5. The molecule has 2 aromatic rings. The van der Waals surface area contributed by atoms with Crippen LogP contribution in [0.25, 0.3) is 0 Å². The van der Waals surface area contributed by atoms with Gasteiger partial charge in [-0.15, -0.1) is 0 Å². The lowest BCUT2D eigenvalue weighted by Crippen LogP contribution is -2.41. The van der Waals surface area contributed by atoms with Gasteiger partial charge in [-0.1, -0.05) is 30.3 Å². The standard InChI is InChI=1S/C18H18FNO5S/c1-24-18(21)16-11-13(25-17-10-6-5-9-15(17)19)12-20(16)26(22,23)14-7-3-2-4-8-14/h2-10,13,16H,11-12H2,1H3. The second kappa shape index (κ2) is 7.43. The van der Waals surface area contributed by atoms with Crippen molar-refractivity contribution in [1.82, 2.24) is 4.31 Å². The van der Waals surface area contributed by atoms with E-state index < -0.39 is 34.0 Å². The summed E-state index contributed by atoms with van der Waals surface area (Å²) in [6.45, 7) is -0.0780. The number of halogens is 1. The Morgan fingerprint density at radius 2 is 1.77 bits per heavy atom. The van der Waals surface area contributed by atoms with Crippen LogP contribution >= 0.6 is 0 Å².